The van der Waals surface area contributed by atoms with Gasteiger partial charge in [0.2, 0.25) is 0 Å². The number of sulfone groups is 1. The third kappa shape index (κ3) is 13.9. The van der Waals surface area contributed by atoms with Crippen LogP contribution in [0.15, 0.2) is 47.4 Å². The molecule has 0 saturated heterocycles. The Morgan fingerprint density at radius 2 is 1.46 bits per heavy atom. The predicted octanol–water partition coefficient (Wildman–Crippen LogP) is 5.74. The van der Waals surface area contributed by atoms with Gasteiger partial charge >= 0.3 is 5.97 Å². The molecule has 0 radical (unpaired) electrons. The summed E-state index contributed by atoms with van der Waals surface area (Å²) >= 11 is -2.36. The van der Waals surface area contributed by atoms with E-state index in [1.54, 1.807) is 31.2 Å². The Kier molecular flexibility index (Phi) is 16.6. The number of carbonyl (C=O) groups is 1. The van der Waals surface area contributed by atoms with Crippen molar-refractivity contribution in [1.29, 1.82) is 0 Å². The molecule has 0 saturated carbocycles. The second-order valence-corrected chi connectivity index (χ2v) is 12.1. The lowest BCUT2D eigenvalue weighted by atomic mass is 10.0. The zero-order chi connectivity index (χ0) is 29.3. The summed E-state index contributed by atoms with van der Waals surface area (Å²) in [5, 5.41) is 23.8. The number of ether oxygens (including phenoxy) is 1. The third-order valence-electron chi connectivity index (χ3n) is 6.25. The molecule has 2 rings (SSSR count). The van der Waals surface area contributed by atoms with Crippen LogP contribution in [0, 0.1) is 0 Å². The van der Waals surface area contributed by atoms with E-state index >= 15 is 0 Å². The summed E-state index contributed by atoms with van der Waals surface area (Å²) in [6.07, 6.45) is 11.4. The minimum absolute atomic E-state index is 0.0282. The second-order valence-electron chi connectivity index (χ2n) is 9.28. The Labute approximate surface area is 235 Å². The van der Waals surface area contributed by atoms with E-state index in [-0.39, 0.29) is 16.4 Å². The molecule has 11 heteroatoms. The van der Waals surface area contributed by atoms with Gasteiger partial charge in [-0.25, -0.2) is 13.2 Å². The molecule has 2 aromatic carbocycles. The fraction of sp³-hybridized carbons (Fsp3) is 0.536. The molecular formula is C28H42NO8S2-. The number of carboxylic acids is 1. The number of aromatic hydroxyl groups is 1. The molecular weight excluding hydrogens is 542 g/mol. The van der Waals surface area contributed by atoms with Crippen LogP contribution < -0.4 is 9.88 Å². The SMILES string of the molecule is CCCCCCCCCCCCC(Oc1ccc(-c2cc(S(=O)(=O)CC)ccc2O)cc1)C(=O)O.NS(=O)[O-]. The first-order valence-electron chi connectivity index (χ1n) is 13.4. The summed E-state index contributed by atoms with van der Waals surface area (Å²) in [6, 6.07) is 10.9. The molecule has 0 aliphatic rings. The fourth-order valence-corrected chi connectivity index (χ4v) is 4.94. The largest absolute Gasteiger partial charge is 0.760 e. The van der Waals surface area contributed by atoms with Crippen LogP contribution >= 0.6 is 0 Å². The summed E-state index contributed by atoms with van der Waals surface area (Å²) in [6.45, 7) is 3.79. The quantitative estimate of drug-likeness (QED) is 0.156. The van der Waals surface area contributed by atoms with Gasteiger partial charge in [-0.1, -0.05) is 83.8 Å². The van der Waals surface area contributed by atoms with E-state index in [9.17, 15) is 23.4 Å². The Morgan fingerprint density at radius 3 is 1.95 bits per heavy atom. The van der Waals surface area contributed by atoms with Gasteiger partial charge in [-0.05, 0) is 48.7 Å². The standard InChI is InChI=1S/C28H40O6S.H3NO2S/c1-3-5-6-7-8-9-10-11-12-13-14-27(28(30)31)34-23-17-15-22(16-18-23)25-21-24(19-20-26(25)29)35(32,33)4-2;1-4(2)3/h15-21,27,29H,3-14H2,1-2H3,(H,30,31);1H2,(H,2,3)/p-1. The minimum Gasteiger partial charge on any atom is -0.760 e. The maximum absolute atomic E-state index is 12.2. The normalized spacial score (nSPS) is 12.7. The first-order chi connectivity index (χ1) is 18.5. The first-order valence-corrected chi connectivity index (χ1v) is 16.2. The first kappa shape index (κ1) is 34.6. The lowest BCUT2D eigenvalue weighted by Gasteiger charge is -2.16. The molecule has 0 fully saturated rings. The average molecular weight is 585 g/mol. The minimum atomic E-state index is -3.40. The van der Waals surface area contributed by atoms with Crippen LogP contribution in [0.3, 0.4) is 0 Å². The van der Waals surface area contributed by atoms with Crippen molar-refractivity contribution < 1.29 is 36.9 Å². The van der Waals surface area contributed by atoms with Gasteiger partial charge in [0.25, 0.3) is 0 Å². The molecule has 2 aromatic rings. The molecule has 0 bridgehead atoms. The van der Waals surface area contributed by atoms with Crippen LogP contribution in [0.5, 0.6) is 11.5 Å². The van der Waals surface area contributed by atoms with Gasteiger partial charge < -0.3 is 19.5 Å². The van der Waals surface area contributed by atoms with Crippen molar-refractivity contribution in [2.24, 2.45) is 5.14 Å². The molecule has 0 heterocycles. The molecule has 0 aliphatic heterocycles. The Bertz CT molecular complexity index is 1120. The Balaban J connectivity index is 0.00000177. The van der Waals surface area contributed by atoms with Gasteiger partial charge in [-0.3, -0.25) is 9.35 Å². The number of rotatable bonds is 17. The highest BCUT2D eigenvalue weighted by atomic mass is 32.2. The monoisotopic (exact) mass is 584 g/mol. The summed E-state index contributed by atoms with van der Waals surface area (Å²) < 4.78 is 47.6. The van der Waals surface area contributed by atoms with Crippen LogP contribution in [0.4, 0.5) is 0 Å². The van der Waals surface area contributed by atoms with E-state index < -0.39 is 33.2 Å². The number of nitrogens with two attached hydrogens (primary N) is 1. The maximum Gasteiger partial charge on any atom is 0.344 e. The van der Waals surface area contributed by atoms with E-state index in [0.29, 0.717) is 23.3 Å². The van der Waals surface area contributed by atoms with Gasteiger partial charge in [0.1, 0.15) is 11.5 Å². The molecule has 2 atom stereocenters. The van der Waals surface area contributed by atoms with Crippen molar-refractivity contribution in [2.75, 3.05) is 5.75 Å². The average Bonchev–Trinajstić information content (AvgIpc) is 2.89. The van der Waals surface area contributed by atoms with E-state index in [4.69, 9.17) is 13.5 Å². The summed E-state index contributed by atoms with van der Waals surface area (Å²) in [7, 11) is -3.40. The van der Waals surface area contributed by atoms with Crippen LogP contribution in [0.25, 0.3) is 11.1 Å². The second kappa shape index (κ2) is 18.8. The number of carboxylic acid groups (broad SMARTS) is 1. The molecule has 220 valence electrons. The molecule has 9 nitrogen and oxygen atoms in total. The number of hydrogen-bond donors (Lipinski definition) is 3. The molecule has 2 unspecified atom stereocenters. The number of aliphatic carboxylic acids is 1. The van der Waals surface area contributed by atoms with Gasteiger partial charge in [0, 0.05) is 16.8 Å². The van der Waals surface area contributed by atoms with Gasteiger partial charge in [0.15, 0.2) is 15.9 Å². The van der Waals surface area contributed by atoms with Crippen LogP contribution in [-0.2, 0) is 25.9 Å². The van der Waals surface area contributed by atoms with Crippen molar-refractivity contribution >= 4 is 27.1 Å². The molecule has 39 heavy (non-hydrogen) atoms. The zero-order valence-corrected chi connectivity index (χ0v) is 24.5. The van der Waals surface area contributed by atoms with Crippen LogP contribution in [0.2, 0.25) is 0 Å². The van der Waals surface area contributed by atoms with E-state index in [0.717, 1.165) is 19.3 Å². The summed E-state index contributed by atoms with van der Waals surface area (Å²) in [5.74, 6) is -0.622. The topological polar surface area (TPSA) is 167 Å². The summed E-state index contributed by atoms with van der Waals surface area (Å²) in [4.78, 5) is 11.8. The van der Waals surface area contributed by atoms with Crippen molar-refractivity contribution in [3.8, 4) is 22.6 Å². The van der Waals surface area contributed by atoms with Crippen molar-refractivity contribution in [3.63, 3.8) is 0 Å². The molecule has 0 spiro atoms. The number of unbranched alkanes of at least 4 members (excludes halogenated alkanes) is 9. The number of benzene rings is 2. The molecule has 4 N–H and O–H groups in total. The Morgan fingerprint density at radius 1 is 0.949 bits per heavy atom. The molecule has 0 amide bonds. The number of phenolic OH excluding ortho intramolecular Hbond substituents is 1. The third-order valence-corrected chi connectivity index (χ3v) is 7.98. The lowest BCUT2D eigenvalue weighted by Crippen LogP contribution is -2.26. The highest BCUT2D eigenvalue weighted by molar-refractivity contribution is 7.91. The van der Waals surface area contributed by atoms with Crippen molar-refractivity contribution in [3.05, 3.63) is 42.5 Å². The van der Waals surface area contributed by atoms with Gasteiger partial charge in [-0.2, -0.15) is 0 Å². The van der Waals surface area contributed by atoms with E-state index in [2.05, 4.69) is 12.1 Å². The van der Waals surface area contributed by atoms with Gasteiger partial charge in [-0.15, -0.1) is 0 Å². The number of phenols is 1. The van der Waals surface area contributed by atoms with Crippen LogP contribution in [-0.4, -0.2) is 45.2 Å². The Hall–Kier alpha value is -2.47. The number of hydrogen-bond acceptors (Lipinski definition) is 7. The highest BCUT2D eigenvalue weighted by Crippen LogP contribution is 2.33. The highest BCUT2D eigenvalue weighted by Gasteiger charge is 2.19. The van der Waals surface area contributed by atoms with E-state index in [1.165, 1.54) is 63.1 Å². The zero-order valence-electron chi connectivity index (χ0n) is 22.8. The van der Waals surface area contributed by atoms with Crippen molar-refractivity contribution in [1.82, 2.24) is 0 Å². The van der Waals surface area contributed by atoms with E-state index in [1.807, 2.05) is 0 Å². The van der Waals surface area contributed by atoms with Gasteiger partial charge in [0.05, 0.1) is 10.6 Å². The smallest absolute Gasteiger partial charge is 0.344 e. The predicted molar refractivity (Wildman–Crippen MR) is 153 cm³/mol. The lowest BCUT2D eigenvalue weighted by molar-refractivity contribution is -0.145. The molecule has 0 aliphatic carbocycles. The molecule has 0 aromatic heterocycles. The fourth-order valence-electron chi connectivity index (χ4n) is 4.03. The van der Waals surface area contributed by atoms with Crippen molar-refractivity contribution in [2.45, 2.75) is 95.5 Å². The summed E-state index contributed by atoms with van der Waals surface area (Å²) in [5.41, 5.74) is 1.01. The maximum atomic E-state index is 12.2. The van der Waals surface area contributed by atoms with Crippen LogP contribution in [0.1, 0.15) is 84.5 Å².